The minimum absolute atomic E-state index is 0.633. The fraction of sp³-hybridized carbons (Fsp3) is 0.467. The predicted octanol–water partition coefficient (Wildman–Crippen LogP) is 1.63. The molecule has 104 valence electrons. The normalized spacial score (nSPS) is 18.3. The van der Waals surface area contributed by atoms with E-state index in [0.717, 1.165) is 31.7 Å². The first-order valence-electron chi connectivity index (χ1n) is 7.31. The van der Waals surface area contributed by atoms with Gasteiger partial charge in [-0.05, 0) is 42.5 Å². The lowest BCUT2D eigenvalue weighted by atomic mass is 10.1. The molecule has 1 saturated heterocycles. The number of aryl methyl sites for hydroxylation is 2. The molecule has 1 aromatic carbocycles. The molecular weight excluding hydrogens is 252 g/mol. The second kappa shape index (κ2) is 4.90. The van der Waals surface area contributed by atoms with Crippen LogP contribution in [0.15, 0.2) is 22.6 Å². The standard InChI is InChI=1S/C15H18N4O/c1-2-11-4-5-13(10-12(11)3-1)14-17-18-15(20-14)19-8-6-16-7-9-19/h4-5,10,16H,1-3,6-9H2. The Hall–Kier alpha value is -1.88. The fourth-order valence-corrected chi connectivity index (χ4v) is 3.02. The monoisotopic (exact) mass is 270 g/mol. The molecule has 4 rings (SSSR count). The lowest BCUT2D eigenvalue weighted by Gasteiger charge is -2.24. The van der Waals surface area contributed by atoms with Crippen molar-refractivity contribution in [2.75, 3.05) is 31.1 Å². The highest BCUT2D eigenvalue weighted by Crippen LogP contribution is 2.28. The molecule has 1 aliphatic carbocycles. The van der Waals surface area contributed by atoms with Gasteiger partial charge < -0.3 is 14.6 Å². The molecule has 5 heteroatoms. The van der Waals surface area contributed by atoms with Crippen molar-refractivity contribution in [3.8, 4) is 11.5 Å². The van der Waals surface area contributed by atoms with Crippen molar-refractivity contribution in [2.24, 2.45) is 0 Å². The molecule has 1 aliphatic heterocycles. The first-order chi connectivity index (χ1) is 9.90. The van der Waals surface area contributed by atoms with Gasteiger partial charge in [-0.1, -0.05) is 11.2 Å². The van der Waals surface area contributed by atoms with E-state index in [-0.39, 0.29) is 0 Å². The van der Waals surface area contributed by atoms with Gasteiger partial charge in [-0.3, -0.25) is 0 Å². The first kappa shape index (κ1) is 11.9. The quantitative estimate of drug-likeness (QED) is 0.899. The summed E-state index contributed by atoms with van der Waals surface area (Å²) >= 11 is 0. The number of nitrogens with zero attached hydrogens (tertiary/aromatic N) is 3. The SMILES string of the molecule is c1cc2c(cc1-c1nnc(N3CCNCC3)o1)CCC2. The van der Waals surface area contributed by atoms with Gasteiger partial charge in [-0.25, -0.2) is 0 Å². The minimum Gasteiger partial charge on any atom is -0.403 e. The van der Waals surface area contributed by atoms with Crippen molar-refractivity contribution in [3.63, 3.8) is 0 Å². The Balaban J connectivity index is 1.61. The van der Waals surface area contributed by atoms with Gasteiger partial charge in [0.1, 0.15) is 0 Å². The third kappa shape index (κ3) is 2.08. The summed E-state index contributed by atoms with van der Waals surface area (Å²) in [5.74, 6) is 0.633. The van der Waals surface area contributed by atoms with Crippen molar-refractivity contribution in [1.82, 2.24) is 15.5 Å². The minimum atomic E-state index is 0.633. The van der Waals surface area contributed by atoms with E-state index >= 15 is 0 Å². The van der Waals surface area contributed by atoms with Crippen molar-refractivity contribution in [2.45, 2.75) is 19.3 Å². The summed E-state index contributed by atoms with van der Waals surface area (Å²) in [6.07, 6.45) is 3.63. The van der Waals surface area contributed by atoms with Gasteiger partial charge in [0.25, 0.3) is 0 Å². The van der Waals surface area contributed by atoms with E-state index in [2.05, 4.69) is 38.6 Å². The van der Waals surface area contributed by atoms with Crippen LogP contribution in [0.1, 0.15) is 17.5 Å². The van der Waals surface area contributed by atoms with Gasteiger partial charge in [0, 0.05) is 31.7 Å². The van der Waals surface area contributed by atoms with Crippen LogP contribution in [0.5, 0.6) is 0 Å². The average Bonchev–Trinajstić information content (AvgIpc) is 3.16. The van der Waals surface area contributed by atoms with Crippen LogP contribution in [0, 0.1) is 0 Å². The molecule has 0 unspecified atom stereocenters. The van der Waals surface area contributed by atoms with Crippen molar-refractivity contribution >= 4 is 6.01 Å². The molecule has 0 atom stereocenters. The third-order valence-electron chi connectivity index (χ3n) is 4.15. The second-order valence-corrected chi connectivity index (χ2v) is 5.46. The maximum Gasteiger partial charge on any atom is 0.318 e. The van der Waals surface area contributed by atoms with Crippen LogP contribution in [0.4, 0.5) is 6.01 Å². The van der Waals surface area contributed by atoms with Gasteiger partial charge >= 0.3 is 6.01 Å². The molecule has 2 heterocycles. The molecule has 0 amide bonds. The number of hydrogen-bond acceptors (Lipinski definition) is 5. The smallest absolute Gasteiger partial charge is 0.318 e. The highest BCUT2D eigenvalue weighted by Gasteiger charge is 2.18. The number of anilines is 1. The molecule has 0 radical (unpaired) electrons. The van der Waals surface area contributed by atoms with Crippen LogP contribution in [-0.4, -0.2) is 36.4 Å². The predicted molar refractivity (Wildman–Crippen MR) is 76.8 cm³/mol. The lowest BCUT2D eigenvalue weighted by molar-refractivity contribution is 0.505. The van der Waals surface area contributed by atoms with Crippen LogP contribution < -0.4 is 10.2 Å². The van der Waals surface area contributed by atoms with Gasteiger partial charge in [0.2, 0.25) is 5.89 Å². The maximum atomic E-state index is 5.84. The van der Waals surface area contributed by atoms with Crippen molar-refractivity contribution in [1.29, 1.82) is 0 Å². The number of hydrogen-bond donors (Lipinski definition) is 1. The van der Waals surface area contributed by atoms with Crippen molar-refractivity contribution < 1.29 is 4.42 Å². The summed E-state index contributed by atoms with van der Waals surface area (Å²) in [6, 6.07) is 7.14. The Kier molecular flexibility index (Phi) is 2.92. The Morgan fingerprint density at radius 1 is 1.05 bits per heavy atom. The summed E-state index contributed by atoms with van der Waals surface area (Å²) in [5.41, 5.74) is 3.94. The Morgan fingerprint density at radius 3 is 2.80 bits per heavy atom. The third-order valence-corrected chi connectivity index (χ3v) is 4.15. The summed E-state index contributed by atoms with van der Waals surface area (Å²) in [6.45, 7) is 3.78. The van der Waals surface area contributed by atoms with Crippen molar-refractivity contribution in [3.05, 3.63) is 29.3 Å². The van der Waals surface area contributed by atoms with Crippen LogP contribution in [0.3, 0.4) is 0 Å². The fourth-order valence-electron chi connectivity index (χ4n) is 3.02. The highest BCUT2D eigenvalue weighted by molar-refractivity contribution is 5.57. The van der Waals surface area contributed by atoms with Crippen LogP contribution in [0.2, 0.25) is 0 Å². The summed E-state index contributed by atoms with van der Waals surface area (Å²) in [4.78, 5) is 2.14. The molecule has 2 aromatic rings. The zero-order chi connectivity index (χ0) is 13.4. The lowest BCUT2D eigenvalue weighted by Crippen LogP contribution is -2.43. The van der Waals surface area contributed by atoms with Gasteiger partial charge in [-0.2, -0.15) is 0 Å². The van der Waals surface area contributed by atoms with E-state index in [9.17, 15) is 0 Å². The van der Waals surface area contributed by atoms with Gasteiger partial charge in [0.15, 0.2) is 0 Å². The number of nitrogens with one attached hydrogen (secondary N) is 1. The number of benzene rings is 1. The Bertz CT molecular complexity index is 616. The summed E-state index contributed by atoms with van der Waals surface area (Å²) in [7, 11) is 0. The van der Waals surface area contributed by atoms with Gasteiger partial charge in [0.05, 0.1) is 0 Å². The van der Waals surface area contributed by atoms with E-state index in [1.165, 1.54) is 30.4 Å². The number of rotatable bonds is 2. The van der Waals surface area contributed by atoms with Crippen LogP contribution in [0.25, 0.3) is 11.5 Å². The molecule has 1 N–H and O–H groups in total. The first-order valence-corrected chi connectivity index (χ1v) is 7.31. The molecule has 5 nitrogen and oxygen atoms in total. The second-order valence-electron chi connectivity index (χ2n) is 5.46. The Morgan fingerprint density at radius 2 is 1.90 bits per heavy atom. The average molecular weight is 270 g/mol. The van der Waals surface area contributed by atoms with E-state index in [4.69, 9.17) is 4.42 Å². The topological polar surface area (TPSA) is 54.2 Å². The van der Waals surface area contributed by atoms with Gasteiger partial charge in [-0.15, -0.1) is 5.10 Å². The largest absolute Gasteiger partial charge is 0.403 e. The molecule has 1 fully saturated rings. The molecule has 0 spiro atoms. The van der Waals surface area contributed by atoms with E-state index < -0.39 is 0 Å². The van der Waals surface area contributed by atoms with Crippen LogP contribution >= 0.6 is 0 Å². The zero-order valence-electron chi connectivity index (χ0n) is 11.4. The van der Waals surface area contributed by atoms with E-state index in [1.54, 1.807) is 0 Å². The van der Waals surface area contributed by atoms with Crippen LogP contribution in [-0.2, 0) is 12.8 Å². The molecule has 0 bridgehead atoms. The summed E-state index contributed by atoms with van der Waals surface area (Å²) in [5, 5.41) is 11.7. The molecule has 0 saturated carbocycles. The molecule has 1 aromatic heterocycles. The molecule has 20 heavy (non-hydrogen) atoms. The maximum absolute atomic E-state index is 5.84. The highest BCUT2D eigenvalue weighted by atomic mass is 16.4. The summed E-state index contributed by atoms with van der Waals surface area (Å²) < 4.78 is 5.84. The zero-order valence-corrected chi connectivity index (χ0v) is 11.4. The molecular formula is C15H18N4O. The number of fused-ring (bicyclic) bond motifs is 1. The molecule has 2 aliphatic rings. The number of piperazine rings is 1. The van der Waals surface area contributed by atoms with E-state index in [0.29, 0.717) is 11.9 Å². The number of aromatic nitrogens is 2. The van der Waals surface area contributed by atoms with E-state index in [1.807, 2.05) is 0 Å². The Labute approximate surface area is 118 Å².